The van der Waals surface area contributed by atoms with Crippen LogP contribution in [0.15, 0.2) is 29.0 Å². The molecule has 1 aromatic heterocycles. The van der Waals surface area contributed by atoms with Crippen LogP contribution in [-0.4, -0.2) is 22.3 Å². The molecule has 5 nitrogen and oxygen atoms in total. The molecule has 0 spiro atoms. The first-order valence-electron chi connectivity index (χ1n) is 6.92. The van der Waals surface area contributed by atoms with Gasteiger partial charge >= 0.3 is 0 Å². The second-order valence-electron chi connectivity index (χ2n) is 5.44. The van der Waals surface area contributed by atoms with Gasteiger partial charge in [0.05, 0.1) is 22.3 Å². The molecule has 1 unspecified atom stereocenters. The summed E-state index contributed by atoms with van der Waals surface area (Å²) in [4.78, 5) is 12.3. The average Bonchev–Trinajstić information content (AvgIpc) is 3.08. The van der Waals surface area contributed by atoms with Crippen molar-refractivity contribution >= 4 is 21.8 Å². The molecule has 22 heavy (non-hydrogen) atoms. The van der Waals surface area contributed by atoms with Gasteiger partial charge < -0.3 is 10.1 Å². The minimum Gasteiger partial charge on any atom is -0.491 e. The zero-order valence-electron chi connectivity index (χ0n) is 12.1. The van der Waals surface area contributed by atoms with Crippen molar-refractivity contribution in [2.75, 3.05) is 6.61 Å². The lowest BCUT2D eigenvalue weighted by molar-refractivity contribution is 0.0930. The summed E-state index contributed by atoms with van der Waals surface area (Å²) in [7, 11) is 0. The lowest BCUT2D eigenvalue weighted by Gasteiger charge is -2.11. The van der Waals surface area contributed by atoms with E-state index in [0.717, 1.165) is 5.56 Å². The molecular formula is C15H15BrFN3O2. The number of nitrogens with one attached hydrogen (secondary N) is 1. The molecule has 0 saturated heterocycles. The molecule has 1 amide bonds. The highest BCUT2D eigenvalue weighted by molar-refractivity contribution is 9.10. The average molecular weight is 368 g/mol. The van der Waals surface area contributed by atoms with Crippen LogP contribution in [0.2, 0.25) is 0 Å². The Balaban J connectivity index is 1.77. The van der Waals surface area contributed by atoms with E-state index >= 15 is 0 Å². The largest absolute Gasteiger partial charge is 0.491 e. The molecular weight excluding hydrogens is 353 g/mol. The highest BCUT2D eigenvalue weighted by Crippen LogP contribution is 2.36. The minimum atomic E-state index is -0.385. The molecule has 1 aliphatic rings. The predicted molar refractivity (Wildman–Crippen MR) is 82.4 cm³/mol. The number of amides is 1. The van der Waals surface area contributed by atoms with Gasteiger partial charge in [-0.2, -0.15) is 5.10 Å². The summed E-state index contributed by atoms with van der Waals surface area (Å²) in [6.07, 6.45) is 3.24. The molecule has 2 heterocycles. The minimum absolute atomic E-state index is 0.191. The maximum atomic E-state index is 13.5. The van der Waals surface area contributed by atoms with E-state index in [9.17, 15) is 9.18 Å². The molecule has 7 heteroatoms. The Morgan fingerprint density at radius 3 is 3.00 bits per heavy atom. The Labute approximate surface area is 135 Å². The van der Waals surface area contributed by atoms with E-state index in [2.05, 4.69) is 26.3 Å². The van der Waals surface area contributed by atoms with E-state index < -0.39 is 0 Å². The second kappa shape index (κ2) is 5.72. The number of carbonyl (C=O) groups excluding carboxylic acids is 1. The maximum absolute atomic E-state index is 13.5. The Hall–Kier alpha value is -1.89. The number of hydrogen-bond acceptors (Lipinski definition) is 3. The number of rotatable bonds is 3. The molecule has 1 aromatic carbocycles. The van der Waals surface area contributed by atoms with Gasteiger partial charge in [0.15, 0.2) is 0 Å². The van der Waals surface area contributed by atoms with Crippen LogP contribution in [0.25, 0.3) is 0 Å². The Morgan fingerprint density at radius 2 is 2.32 bits per heavy atom. The van der Waals surface area contributed by atoms with Crippen LogP contribution >= 0.6 is 15.9 Å². The van der Waals surface area contributed by atoms with Gasteiger partial charge in [0.25, 0.3) is 5.91 Å². The monoisotopic (exact) mass is 367 g/mol. The first kappa shape index (κ1) is 15.0. The SMILES string of the molecule is CC(C)n1cc(C(=O)NC2COc3cc(F)c(Br)cc32)cn1. The Kier molecular flexibility index (Phi) is 3.90. The van der Waals surface area contributed by atoms with Crippen LogP contribution in [0, 0.1) is 5.82 Å². The zero-order chi connectivity index (χ0) is 15.9. The maximum Gasteiger partial charge on any atom is 0.255 e. The first-order chi connectivity index (χ1) is 10.5. The first-order valence-corrected chi connectivity index (χ1v) is 7.71. The predicted octanol–water partition coefficient (Wildman–Crippen LogP) is 3.23. The van der Waals surface area contributed by atoms with Gasteiger partial charge in [-0.3, -0.25) is 9.48 Å². The number of benzene rings is 1. The topological polar surface area (TPSA) is 56.2 Å². The molecule has 0 radical (unpaired) electrons. The second-order valence-corrected chi connectivity index (χ2v) is 6.30. The van der Waals surface area contributed by atoms with Crippen molar-refractivity contribution in [3.05, 3.63) is 45.9 Å². The van der Waals surface area contributed by atoms with E-state index in [1.54, 1.807) is 16.9 Å². The number of nitrogens with zero attached hydrogens (tertiary/aromatic N) is 2. The summed E-state index contributed by atoms with van der Waals surface area (Å²) in [6.45, 7) is 4.26. The van der Waals surface area contributed by atoms with Crippen molar-refractivity contribution in [1.29, 1.82) is 0 Å². The zero-order valence-corrected chi connectivity index (χ0v) is 13.7. The summed E-state index contributed by atoms with van der Waals surface area (Å²) in [5.41, 5.74) is 1.25. The van der Waals surface area contributed by atoms with Gasteiger partial charge in [-0.15, -0.1) is 0 Å². The van der Waals surface area contributed by atoms with Crippen LogP contribution in [0.1, 0.15) is 41.9 Å². The normalized spacial score (nSPS) is 16.5. The van der Waals surface area contributed by atoms with Crippen molar-refractivity contribution < 1.29 is 13.9 Å². The standard InChI is InChI=1S/C15H15BrFN3O2/c1-8(2)20-6-9(5-18-20)15(21)19-13-7-22-14-4-12(17)11(16)3-10(13)14/h3-6,8,13H,7H2,1-2H3,(H,19,21). The van der Waals surface area contributed by atoms with Gasteiger partial charge in [0.2, 0.25) is 0 Å². The van der Waals surface area contributed by atoms with Crippen molar-refractivity contribution in [2.45, 2.75) is 25.9 Å². The molecule has 0 aliphatic carbocycles. The van der Waals surface area contributed by atoms with E-state index in [1.165, 1.54) is 12.3 Å². The van der Waals surface area contributed by atoms with E-state index in [0.29, 0.717) is 15.8 Å². The lowest BCUT2D eigenvalue weighted by atomic mass is 10.1. The fourth-order valence-electron chi connectivity index (χ4n) is 2.30. The molecule has 0 saturated carbocycles. The molecule has 1 atom stereocenters. The van der Waals surface area contributed by atoms with Crippen LogP contribution < -0.4 is 10.1 Å². The lowest BCUT2D eigenvalue weighted by Crippen LogP contribution is -2.29. The van der Waals surface area contributed by atoms with Crippen LogP contribution in [0.3, 0.4) is 0 Å². The van der Waals surface area contributed by atoms with E-state index in [4.69, 9.17) is 4.74 Å². The van der Waals surface area contributed by atoms with E-state index in [-0.39, 0.29) is 30.4 Å². The summed E-state index contributed by atoms with van der Waals surface area (Å²) in [6, 6.07) is 2.85. The number of halogens is 2. The van der Waals surface area contributed by atoms with E-state index in [1.807, 2.05) is 13.8 Å². The summed E-state index contributed by atoms with van der Waals surface area (Å²) in [5.74, 6) is -0.151. The molecule has 1 aliphatic heterocycles. The van der Waals surface area contributed by atoms with Crippen molar-refractivity contribution in [3.63, 3.8) is 0 Å². The highest BCUT2D eigenvalue weighted by Gasteiger charge is 2.27. The number of fused-ring (bicyclic) bond motifs is 1. The van der Waals surface area contributed by atoms with Gasteiger partial charge in [0.1, 0.15) is 18.2 Å². The van der Waals surface area contributed by atoms with Crippen molar-refractivity contribution in [3.8, 4) is 5.75 Å². The molecule has 3 rings (SSSR count). The van der Waals surface area contributed by atoms with Gasteiger partial charge in [-0.25, -0.2) is 4.39 Å². The summed E-state index contributed by atoms with van der Waals surface area (Å²) >= 11 is 3.15. The number of aromatic nitrogens is 2. The summed E-state index contributed by atoms with van der Waals surface area (Å²) in [5, 5.41) is 7.04. The van der Waals surface area contributed by atoms with Gasteiger partial charge in [0, 0.05) is 23.9 Å². The Bertz CT molecular complexity index is 730. The fourth-order valence-corrected chi connectivity index (χ4v) is 2.66. The Morgan fingerprint density at radius 1 is 1.55 bits per heavy atom. The van der Waals surface area contributed by atoms with Crippen LogP contribution in [-0.2, 0) is 0 Å². The third kappa shape index (κ3) is 2.72. The van der Waals surface area contributed by atoms with Crippen molar-refractivity contribution in [1.82, 2.24) is 15.1 Å². The third-order valence-corrected chi connectivity index (χ3v) is 4.14. The molecule has 0 bridgehead atoms. The van der Waals surface area contributed by atoms with Gasteiger partial charge in [-0.05, 0) is 35.8 Å². The number of carbonyl (C=O) groups is 1. The fraction of sp³-hybridized carbons (Fsp3) is 0.333. The van der Waals surface area contributed by atoms with Crippen LogP contribution in [0.5, 0.6) is 5.75 Å². The third-order valence-electron chi connectivity index (χ3n) is 3.53. The number of hydrogen-bond donors (Lipinski definition) is 1. The molecule has 0 fully saturated rings. The van der Waals surface area contributed by atoms with Crippen LogP contribution in [0.4, 0.5) is 4.39 Å². The summed E-state index contributed by atoms with van der Waals surface area (Å²) < 4.78 is 21.0. The quantitative estimate of drug-likeness (QED) is 0.905. The molecule has 116 valence electrons. The van der Waals surface area contributed by atoms with Crippen molar-refractivity contribution in [2.24, 2.45) is 0 Å². The smallest absolute Gasteiger partial charge is 0.255 e. The van der Waals surface area contributed by atoms with Gasteiger partial charge in [-0.1, -0.05) is 0 Å². The molecule has 1 N–H and O–H groups in total. The number of ether oxygens (including phenoxy) is 1. The molecule has 2 aromatic rings. The highest BCUT2D eigenvalue weighted by atomic mass is 79.9.